The summed E-state index contributed by atoms with van der Waals surface area (Å²) in [5.41, 5.74) is 0.987. The summed E-state index contributed by atoms with van der Waals surface area (Å²) in [7, 11) is 0. The lowest BCUT2D eigenvalue weighted by Crippen LogP contribution is -2.35. The minimum Gasteiger partial charge on any atom is -0.379 e. The maximum atomic E-state index is 12.1. The van der Waals surface area contributed by atoms with E-state index in [0.29, 0.717) is 17.7 Å². The van der Waals surface area contributed by atoms with Crippen LogP contribution in [-0.2, 0) is 20.8 Å². The topological polar surface area (TPSA) is 63.7 Å². The first-order valence-electron chi connectivity index (χ1n) is 8.21. The molecule has 7 heteroatoms. The lowest BCUT2D eigenvalue weighted by atomic mass is 10.1. The molecule has 1 aromatic rings. The van der Waals surface area contributed by atoms with Crippen molar-refractivity contribution in [1.29, 1.82) is 0 Å². The van der Waals surface area contributed by atoms with Crippen molar-refractivity contribution in [3.8, 4) is 0 Å². The first kappa shape index (κ1) is 18.3. The van der Waals surface area contributed by atoms with Crippen molar-refractivity contribution < 1.29 is 14.3 Å². The van der Waals surface area contributed by atoms with Gasteiger partial charge in [0.25, 0.3) is 5.91 Å². The van der Waals surface area contributed by atoms with E-state index in [1.165, 1.54) is 11.3 Å². The van der Waals surface area contributed by atoms with Gasteiger partial charge >= 0.3 is 0 Å². The molecule has 0 saturated carbocycles. The molecule has 1 aromatic heterocycles. The zero-order valence-corrected chi connectivity index (χ0v) is 15.0. The molecule has 1 aliphatic rings. The summed E-state index contributed by atoms with van der Waals surface area (Å²) < 4.78 is 10.9. The van der Waals surface area contributed by atoms with E-state index in [9.17, 15) is 4.79 Å². The van der Waals surface area contributed by atoms with Gasteiger partial charge in [-0.1, -0.05) is 13.8 Å². The Hall–Kier alpha value is -1.02. The number of hydrogen-bond acceptors (Lipinski definition) is 6. The predicted molar refractivity (Wildman–Crippen MR) is 91.7 cm³/mol. The maximum Gasteiger partial charge on any atom is 0.254 e. The summed E-state index contributed by atoms with van der Waals surface area (Å²) in [6.07, 6.45) is 0.499. The summed E-state index contributed by atoms with van der Waals surface area (Å²) in [4.78, 5) is 18.9. The Labute approximate surface area is 142 Å². The average Bonchev–Trinajstić information content (AvgIpc) is 2.94. The van der Waals surface area contributed by atoms with Gasteiger partial charge < -0.3 is 9.47 Å². The molecule has 130 valence electrons. The van der Waals surface area contributed by atoms with Crippen LogP contribution in [0.2, 0.25) is 0 Å². The monoisotopic (exact) mass is 341 g/mol. The molecular formula is C16H27N3O3S. The van der Waals surface area contributed by atoms with Crippen molar-refractivity contribution in [2.45, 2.75) is 39.8 Å². The van der Waals surface area contributed by atoms with E-state index in [1.54, 1.807) is 6.92 Å². The number of carbonyl (C=O) groups excluding carboxylic acids is 1. The summed E-state index contributed by atoms with van der Waals surface area (Å²) in [5, 5.41) is 5.47. The predicted octanol–water partition coefficient (Wildman–Crippen LogP) is 2.37. The van der Waals surface area contributed by atoms with Gasteiger partial charge in [0.1, 0.15) is 6.10 Å². The van der Waals surface area contributed by atoms with Gasteiger partial charge in [-0.05, 0) is 19.3 Å². The minimum atomic E-state index is -0.458. The molecule has 0 bridgehead atoms. The van der Waals surface area contributed by atoms with Crippen molar-refractivity contribution in [2.75, 3.05) is 38.2 Å². The molecule has 1 atom stereocenters. The molecule has 0 unspecified atom stereocenters. The van der Waals surface area contributed by atoms with Crippen molar-refractivity contribution in [3.63, 3.8) is 0 Å². The number of carbonyl (C=O) groups is 1. The van der Waals surface area contributed by atoms with E-state index in [4.69, 9.17) is 9.47 Å². The van der Waals surface area contributed by atoms with Gasteiger partial charge in [-0.15, -0.1) is 11.3 Å². The number of ether oxygens (including phenoxy) is 2. The number of morpholine rings is 1. The number of nitrogens with one attached hydrogen (secondary N) is 1. The second kappa shape index (κ2) is 9.32. The van der Waals surface area contributed by atoms with E-state index in [0.717, 1.165) is 45.0 Å². The van der Waals surface area contributed by atoms with Crippen LogP contribution in [0.3, 0.4) is 0 Å². The zero-order chi connectivity index (χ0) is 16.7. The summed E-state index contributed by atoms with van der Waals surface area (Å²) in [6, 6.07) is 0. The molecule has 1 fully saturated rings. The van der Waals surface area contributed by atoms with Gasteiger partial charge in [-0.25, -0.2) is 4.98 Å². The Balaban J connectivity index is 1.75. The highest BCUT2D eigenvalue weighted by Gasteiger charge is 2.16. The Morgan fingerprint density at radius 1 is 1.43 bits per heavy atom. The fourth-order valence-corrected chi connectivity index (χ4v) is 2.89. The Kier molecular flexibility index (Phi) is 7.42. The first-order valence-corrected chi connectivity index (χ1v) is 9.09. The first-order chi connectivity index (χ1) is 11.0. The number of thiazole rings is 1. The van der Waals surface area contributed by atoms with E-state index in [1.807, 2.05) is 5.38 Å². The largest absolute Gasteiger partial charge is 0.379 e. The summed E-state index contributed by atoms with van der Waals surface area (Å²) in [5.74, 6) is 0.438. The number of amides is 1. The van der Waals surface area contributed by atoms with Crippen LogP contribution in [0.4, 0.5) is 5.13 Å². The normalized spacial score (nSPS) is 17.4. The molecule has 0 aromatic carbocycles. The molecule has 0 spiro atoms. The van der Waals surface area contributed by atoms with Crippen LogP contribution < -0.4 is 5.32 Å². The molecule has 0 radical (unpaired) electrons. The van der Waals surface area contributed by atoms with Gasteiger partial charge in [0, 0.05) is 31.6 Å². The highest BCUT2D eigenvalue weighted by molar-refractivity contribution is 7.13. The van der Waals surface area contributed by atoms with Crippen LogP contribution in [0, 0.1) is 5.92 Å². The molecule has 2 heterocycles. The van der Waals surface area contributed by atoms with Crippen LogP contribution in [0.5, 0.6) is 0 Å². The lowest BCUT2D eigenvalue weighted by Gasteiger charge is -2.25. The fourth-order valence-electron chi connectivity index (χ4n) is 2.19. The molecule has 1 aliphatic heterocycles. The minimum absolute atomic E-state index is 0.138. The number of hydrogen-bond donors (Lipinski definition) is 1. The van der Waals surface area contributed by atoms with Gasteiger partial charge in [0.05, 0.1) is 18.9 Å². The molecule has 1 saturated heterocycles. The second-order valence-corrected chi connectivity index (χ2v) is 7.08. The van der Waals surface area contributed by atoms with Crippen LogP contribution in [-0.4, -0.2) is 54.8 Å². The maximum absolute atomic E-state index is 12.1. The smallest absolute Gasteiger partial charge is 0.254 e. The number of aromatic nitrogens is 1. The summed E-state index contributed by atoms with van der Waals surface area (Å²) >= 11 is 1.46. The Morgan fingerprint density at radius 2 is 2.17 bits per heavy atom. The van der Waals surface area contributed by atoms with Gasteiger partial charge in [0.2, 0.25) is 0 Å². The quantitative estimate of drug-likeness (QED) is 0.786. The number of anilines is 1. The molecule has 23 heavy (non-hydrogen) atoms. The third kappa shape index (κ3) is 6.55. The molecular weight excluding hydrogens is 314 g/mol. The standard InChI is InChI=1S/C16H27N3O3S/c1-12(2)4-7-22-13(3)15(20)18-16-17-14(11-23-16)10-19-5-8-21-9-6-19/h11-13H,4-10H2,1-3H3,(H,17,18,20)/t13-/m0/s1. The number of rotatable bonds is 8. The van der Waals surface area contributed by atoms with Crippen LogP contribution >= 0.6 is 11.3 Å². The van der Waals surface area contributed by atoms with E-state index in [2.05, 4.69) is 29.0 Å². The molecule has 1 N–H and O–H groups in total. The van der Waals surface area contributed by atoms with Gasteiger partial charge in [-0.2, -0.15) is 0 Å². The Bertz CT molecular complexity index is 487. The van der Waals surface area contributed by atoms with E-state index >= 15 is 0 Å². The molecule has 6 nitrogen and oxygen atoms in total. The average molecular weight is 341 g/mol. The SMILES string of the molecule is CC(C)CCO[C@@H](C)C(=O)Nc1nc(CN2CCOCC2)cs1. The van der Waals surface area contributed by atoms with Crippen LogP contribution in [0.1, 0.15) is 32.9 Å². The highest BCUT2D eigenvalue weighted by Crippen LogP contribution is 2.18. The van der Waals surface area contributed by atoms with Crippen LogP contribution in [0.25, 0.3) is 0 Å². The zero-order valence-electron chi connectivity index (χ0n) is 14.2. The highest BCUT2D eigenvalue weighted by atomic mass is 32.1. The van der Waals surface area contributed by atoms with Crippen molar-refractivity contribution in [1.82, 2.24) is 9.88 Å². The number of nitrogens with zero attached hydrogens (tertiary/aromatic N) is 2. The fraction of sp³-hybridized carbons (Fsp3) is 0.750. The van der Waals surface area contributed by atoms with Gasteiger partial charge in [-0.3, -0.25) is 15.0 Å². The molecule has 2 rings (SSSR count). The van der Waals surface area contributed by atoms with E-state index in [-0.39, 0.29) is 5.91 Å². The third-order valence-corrected chi connectivity index (χ3v) is 4.51. The molecule has 0 aliphatic carbocycles. The molecule has 1 amide bonds. The van der Waals surface area contributed by atoms with Crippen LogP contribution in [0.15, 0.2) is 5.38 Å². The van der Waals surface area contributed by atoms with Crippen molar-refractivity contribution >= 4 is 22.4 Å². The summed E-state index contributed by atoms with van der Waals surface area (Å²) in [6.45, 7) is 10.9. The van der Waals surface area contributed by atoms with Gasteiger partial charge in [0.15, 0.2) is 5.13 Å². The Morgan fingerprint density at radius 3 is 2.87 bits per heavy atom. The third-order valence-electron chi connectivity index (χ3n) is 3.70. The van der Waals surface area contributed by atoms with Crippen molar-refractivity contribution in [2.24, 2.45) is 5.92 Å². The second-order valence-electron chi connectivity index (χ2n) is 6.22. The van der Waals surface area contributed by atoms with E-state index < -0.39 is 6.10 Å². The van der Waals surface area contributed by atoms with Crippen molar-refractivity contribution in [3.05, 3.63) is 11.1 Å². The lowest BCUT2D eigenvalue weighted by molar-refractivity contribution is -0.126.